The van der Waals surface area contributed by atoms with Crippen LogP contribution in [0, 0.1) is 0 Å². The molecule has 22 heavy (non-hydrogen) atoms. The van der Waals surface area contributed by atoms with E-state index in [1.165, 1.54) is 0 Å². The van der Waals surface area contributed by atoms with Gasteiger partial charge < -0.3 is 15.3 Å². The average Bonchev–Trinajstić information content (AvgIpc) is 2.94. The van der Waals surface area contributed by atoms with Crippen LogP contribution in [-0.4, -0.2) is 39.3 Å². The molecule has 0 saturated carbocycles. The van der Waals surface area contributed by atoms with E-state index in [1.54, 1.807) is 6.20 Å². The molecule has 0 aliphatic carbocycles. The van der Waals surface area contributed by atoms with Crippen molar-refractivity contribution in [2.45, 2.75) is 32.3 Å². The van der Waals surface area contributed by atoms with Crippen molar-refractivity contribution in [3.05, 3.63) is 36.2 Å². The Bertz CT molecular complexity index is 632. The topological polar surface area (TPSA) is 74.2 Å². The monoisotopic (exact) mass is 299 g/mol. The summed E-state index contributed by atoms with van der Waals surface area (Å²) in [6, 6.07) is 7.66. The molecule has 6 heteroatoms. The second-order valence-electron chi connectivity index (χ2n) is 5.86. The lowest BCUT2D eigenvalue weighted by molar-refractivity contribution is 0.198. The molecule has 0 amide bonds. The highest BCUT2D eigenvalue weighted by Gasteiger charge is 2.23. The maximum atomic E-state index is 9.72. The van der Waals surface area contributed by atoms with Crippen molar-refractivity contribution in [2.75, 3.05) is 23.3 Å². The van der Waals surface area contributed by atoms with Crippen LogP contribution in [0.4, 0.5) is 17.6 Å². The summed E-state index contributed by atoms with van der Waals surface area (Å²) in [6.07, 6.45) is 2.21. The van der Waals surface area contributed by atoms with Crippen molar-refractivity contribution < 1.29 is 5.11 Å². The Balaban J connectivity index is 1.90. The predicted octanol–water partition coefficient (Wildman–Crippen LogP) is 2.31. The van der Waals surface area contributed by atoms with Crippen molar-refractivity contribution in [1.29, 1.82) is 0 Å². The Morgan fingerprint density at radius 2 is 2.14 bits per heavy atom. The minimum Gasteiger partial charge on any atom is -0.391 e. The number of aliphatic hydroxyl groups excluding tert-OH is 1. The van der Waals surface area contributed by atoms with E-state index in [4.69, 9.17) is 0 Å². The molecular weight excluding hydrogens is 278 g/mol. The van der Waals surface area contributed by atoms with Gasteiger partial charge in [0, 0.05) is 25.4 Å². The molecule has 0 spiro atoms. The van der Waals surface area contributed by atoms with Crippen molar-refractivity contribution in [2.24, 2.45) is 0 Å². The van der Waals surface area contributed by atoms with Gasteiger partial charge in [0.25, 0.3) is 0 Å². The fraction of sp³-hybridized carbons (Fsp3) is 0.438. The third-order valence-corrected chi connectivity index (χ3v) is 3.69. The van der Waals surface area contributed by atoms with Gasteiger partial charge in [-0.05, 0) is 24.5 Å². The van der Waals surface area contributed by atoms with Crippen LogP contribution in [0.5, 0.6) is 0 Å². The summed E-state index contributed by atoms with van der Waals surface area (Å²) in [5, 5.41) is 12.9. The van der Waals surface area contributed by atoms with Gasteiger partial charge in [0.15, 0.2) is 0 Å². The molecule has 2 aromatic heterocycles. The van der Waals surface area contributed by atoms with E-state index in [0.717, 1.165) is 30.3 Å². The molecule has 116 valence electrons. The number of hydrogen-bond donors (Lipinski definition) is 2. The molecule has 2 aromatic rings. The highest BCUT2D eigenvalue weighted by atomic mass is 16.3. The first-order valence-electron chi connectivity index (χ1n) is 7.62. The van der Waals surface area contributed by atoms with Crippen LogP contribution in [0.25, 0.3) is 0 Å². The summed E-state index contributed by atoms with van der Waals surface area (Å²) in [5.41, 5.74) is 0.977. The largest absolute Gasteiger partial charge is 0.391 e. The van der Waals surface area contributed by atoms with E-state index in [-0.39, 0.29) is 6.10 Å². The SMILES string of the molecule is CC(C)c1cc(Nc2ccccn2)nc(N2CCC(O)C2)n1. The molecule has 1 fully saturated rings. The first-order chi connectivity index (χ1) is 10.6. The average molecular weight is 299 g/mol. The van der Waals surface area contributed by atoms with Gasteiger partial charge in [-0.2, -0.15) is 4.98 Å². The molecule has 2 N–H and O–H groups in total. The molecular formula is C16H21N5O. The number of nitrogens with zero attached hydrogens (tertiary/aromatic N) is 4. The molecule has 3 rings (SSSR count). The maximum Gasteiger partial charge on any atom is 0.227 e. The predicted molar refractivity (Wildman–Crippen MR) is 86.5 cm³/mol. The second-order valence-corrected chi connectivity index (χ2v) is 5.86. The lowest BCUT2D eigenvalue weighted by atomic mass is 10.1. The molecule has 0 bridgehead atoms. The molecule has 6 nitrogen and oxygen atoms in total. The Hall–Kier alpha value is -2.21. The molecule has 1 unspecified atom stereocenters. The van der Waals surface area contributed by atoms with E-state index in [1.807, 2.05) is 29.2 Å². The Morgan fingerprint density at radius 1 is 1.27 bits per heavy atom. The van der Waals surface area contributed by atoms with E-state index in [2.05, 4.69) is 34.1 Å². The van der Waals surface area contributed by atoms with Gasteiger partial charge in [-0.3, -0.25) is 0 Å². The van der Waals surface area contributed by atoms with Crippen molar-refractivity contribution >= 4 is 17.6 Å². The summed E-state index contributed by atoms with van der Waals surface area (Å²) in [7, 11) is 0. The number of β-amino-alcohol motifs (C(OH)–C–C–N with tert-alkyl or cyclic N) is 1. The summed E-state index contributed by atoms with van der Waals surface area (Å²) in [6.45, 7) is 5.58. The zero-order valence-electron chi connectivity index (χ0n) is 12.9. The summed E-state index contributed by atoms with van der Waals surface area (Å²) >= 11 is 0. The quantitative estimate of drug-likeness (QED) is 0.902. The number of nitrogens with one attached hydrogen (secondary N) is 1. The highest BCUT2D eigenvalue weighted by Crippen LogP contribution is 2.24. The maximum absolute atomic E-state index is 9.72. The Morgan fingerprint density at radius 3 is 2.77 bits per heavy atom. The molecule has 1 aliphatic heterocycles. The third kappa shape index (κ3) is 3.33. The lowest BCUT2D eigenvalue weighted by Gasteiger charge is -2.18. The summed E-state index contributed by atoms with van der Waals surface area (Å²) < 4.78 is 0. The standard InChI is InChI=1S/C16H21N5O/c1-11(2)13-9-15(19-14-5-3-4-7-17-14)20-16(18-13)21-8-6-12(22)10-21/h3-5,7,9,11-12,22H,6,8,10H2,1-2H3,(H,17,18,19,20). The molecule has 1 atom stereocenters. The molecule has 0 radical (unpaired) electrons. The number of pyridine rings is 1. The number of aliphatic hydroxyl groups is 1. The number of aromatic nitrogens is 3. The summed E-state index contributed by atoms with van der Waals surface area (Å²) in [4.78, 5) is 15.5. The van der Waals surface area contributed by atoms with Gasteiger partial charge in [-0.15, -0.1) is 0 Å². The van der Waals surface area contributed by atoms with Crippen molar-refractivity contribution in [3.8, 4) is 0 Å². The minimum absolute atomic E-state index is 0.293. The van der Waals surface area contributed by atoms with E-state index in [9.17, 15) is 5.11 Å². The third-order valence-electron chi connectivity index (χ3n) is 3.69. The van der Waals surface area contributed by atoms with Crippen LogP contribution < -0.4 is 10.2 Å². The van der Waals surface area contributed by atoms with Gasteiger partial charge in [-0.25, -0.2) is 9.97 Å². The molecule has 3 heterocycles. The van der Waals surface area contributed by atoms with Gasteiger partial charge in [0.05, 0.1) is 11.8 Å². The number of anilines is 3. The second kappa shape index (κ2) is 6.27. The number of hydrogen-bond acceptors (Lipinski definition) is 6. The van der Waals surface area contributed by atoms with Crippen LogP contribution in [0.15, 0.2) is 30.5 Å². The van der Waals surface area contributed by atoms with Crippen LogP contribution >= 0.6 is 0 Å². The fourth-order valence-electron chi connectivity index (χ4n) is 2.45. The van der Waals surface area contributed by atoms with Crippen LogP contribution in [0.1, 0.15) is 31.9 Å². The highest BCUT2D eigenvalue weighted by molar-refractivity contribution is 5.54. The van der Waals surface area contributed by atoms with Crippen LogP contribution in [0.2, 0.25) is 0 Å². The van der Waals surface area contributed by atoms with E-state index in [0.29, 0.717) is 18.4 Å². The fourth-order valence-corrected chi connectivity index (χ4v) is 2.45. The van der Waals surface area contributed by atoms with E-state index < -0.39 is 0 Å². The van der Waals surface area contributed by atoms with Crippen LogP contribution in [0.3, 0.4) is 0 Å². The van der Waals surface area contributed by atoms with Crippen LogP contribution in [-0.2, 0) is 0 Å². The number of rotatable bonds is 4. The molecule has 0 aromatic carbocycles. The molecule has 1 saturated heterocycles. The Labute approximate surface area is 130 Å². The Kier molecular flexibility index (Phi) is 4.20. The zero-order chi connectivity index (χ0) is 15.5. The van der Waals surface area contributed by atoms with Crippen molar-refractivity contribution in [1.82, 2.24) is 15.0 Å². The first-order valence-corrected chi connectivity index (χ1v) is 7.62. The van der Waals surface area contributed by atoms with Gasteiger partial charge in [0.1, 0.15) is 11.6 Å². The minimum atomic E-state index is -0.293. The smallest absolute Gasteiger partial charge is 0.227 e. The van der Waals surface area contributed by atoms with Gasteiger partial charge >= 0.3 is 0 Å². The molecule has 1 aliphatic rings. The lowest BCUT2D eigenvalue weighted by Crippen LogP contribution is -2.24. The first kappa shape index (κ1) is 14.7. The zero-order valence-corrected chi connectivity index (χ0v) is 12.9. The van der Waals surface area contributed by atoms with Gasteiger partial charge in [-0.1, -0.05) is 19.9 Å². The summed E-state index contributed by atoms with van der Waals surface area (Å²) in [5.74, 6) is 2.46. The normalized spacial score (nSPS) is 18.0. The van der Waals surface area contributed by atoms with E-state index >= 15 is 0 Å². The van der Waals surface area contributed by atoms with Crippen molar-refractivity contribution in [3.63, 3.8) is 0 Å². The van der Waals surface area contributed by atoms with Gasteiger partial charge in [0.2, 0.25) is 5.95 Å².